The lowest BCUT2D eigenvalue weighted by atomic mass is 10.2. The van der Waals surface area contributed by atoms with Crippen molar-refractivity contribution in [2.45, 2.75) is 26.3 Å². The molecule has 15 heavy (non-hydrogen) atoms. The first-order valence-electron chi connectivity index (χ1n) is 4.83. The molecule has 0 saturated carbocycles. The van der Waals surface area contributed by atoms with Crippen molar-refractivity contribution in [1.82, 2.24) is 9.99 Å². The Balaban J connectivity index is 3.23. The number of aromatic nitrogens is 1. The summed E-state index contributed by atoms with van der Waals surface area (Å²) in [6.45, 7) is 3.90. The van der Waals surface area contributed by atoms with Gasteiger partial charge in [-0.1, -0.05) is 6.92 Å². The highest BCUT2D eigenvalue weighted by Crippen LogP contribution is 2.06. The fourth-order valence-electron chi connectivity index (χ4n) is 1.30. The minimum absolute atomic E-state index is 0.0697. The van der Waals surface area contributed by atoms with Crippen molar-refractivity contribution in [3.05, 3.63) is 34.2 Å². The molecule has 1 aromatic heterocycles. The maximum Gasteiger partial charge on any atom is 0.270 e. The molecule has 0 aliphatic rings. The molecule has 0 saturated heterocycles. The first kappa shape index (κ1) is 11.5. The molecule has 5 nitrogen and oxygen atoms in total. The third-order valence-corrected chi connectivity index (χ3v) is 2.42. The number of carbonyl (C=O) groups is 1. The van der Waals surface area contributed by atoms with Gasteiger partial charge in [-0.2, -0.15) is 0 Å². The third-order valence-electron chi connectivity index (χ3n) is 2.42. The van der Waals surface area contributed by atoms with E-state index in [1.807, 2.05) is 19.3 Å². The van der Waals surface area contributed by atoms with Crippen LogP contribution in [0.2, 0.25) is 0 Å². The molecular formula is C10H15N3O2. The van der Waals surface area contributed by atoms with Gasteiger partial charge in [0.15, 0.2) is 0 Å². The van der Waals surface area contributed by atoms with Crippen LogP contribution in [0, 0.1) is 0 Å². The second-order valence-corrected chi connectivity index (χ2v) is 3.37. The Bertz CT molecular complexity index is 411. The summed E-state index contributed by atoms with van der Waals surface area (Å²) in [4.78, 5) is 23.1. The zero-order valence-electron chi connectivity index (χ0n) is 8.86. The van der Waals surface area contributed by atoms with Crippen molar-refractivity contribution >= 4 is 5.91 Å². The van der Waals surface area contributed by atoms with E-state index in [2.05, 4.69) is 0 Å². The number of rotatable bonds is 3. The third kappa shape index (κ3) is 2.24. The molecule has 82 valence electrons. The maximum atomic E-state index is 11.8. The Morgan fingerprint density at radius 1 is 1.67 bits per heavy atom. The molecule has 0 radical (unpaired) electrons. The van der Waals surface area contributed by atoms with Crippen LogP contribution in [0.5, 0.6) is 0 Å². The van der Waals surface area contributed by atoms with Gasteiger partial charge in [-0.3, -0.25) is 15.0 Å². The summed E-state index contributed by atoms with van der Waals surface area (Å²) in [5.41, 5.74) is 1.71. The van der Waals surface area contributed by atoms with E-state index in [0.29, 0.717) is 0 Å². The van der Waals surface area contributed by atoms with Gasteiger partial charge >= 0.3 is 0 Å². The van der Waals surface area contributed by atoms with Crippen molar-refractivity contribution in [3.8, 4) is 0 Å². The quantitative estimate of drug-likeness (QED) is 0.430. The second-order valence-electron chi connectivity index (χ2n) is 3.37. The average Bonchev–Trinajstić information content (AvgIpc) is 2.27. The monoisotopic (exact) mass is 209 g/mol. The first-order chi connectivity index (χ1) is 7.11. The molecule has 1 unspecified atom stereocenters. The van der Waals surface area contributed by atoms with Crippen LogP contribution in [0.1, 0.15) is 36.7 Å². The van der Waals surface area contributed by atoms with E-state index in [-0.39, 0.29) is 17.2 Å². The zero-order chi connectivity index (χ0) is 11.4. The predicted octanol–water partition coefficient (Wildman–Crippen LogP) is 0.423. The highest BCUT2D eigenvalue weighted by Gasteiger charge is 2.12. The highest BCUT2D eigenvalue weighted by atomic mass is 16.2. The Labute approximate surface area is 87.9 Å². The van der Waals surface area contributed by atoms with Crippen molar-refractivity contribution in [2.75, 3.05) is 0 Å². The van der Waals surface area contributed by atoms with E-state index < -0.39 is 5.91 Å². The highest BCUT2D eigenvalue weighted by molar-refractivity contribution is 5.93. The largest absolute Gasteiger partial charge is 0.312 e. The molecule has 0 bridgehead atoms. The molecule has 3 N–H and O–H groups in total. The van der Waals surface area contributed by atoms with Gasteiger partial charge < -0.3 is 4.57 Å². The number of nitrogens with one attached hydrogen (secondary N) is 1. The number of pyridine rings is 1. The van der Waals surface area contributed by atoms with Gasteiger partial charge in [0.25, 0.3) is 11.5 Å². The molecule has 1 heterocycles. The smallest absolute Gasteiger partial charge is 0.270 e. The summed E-state index contributed by atoms with van der Waals surface area (Å²) in [6.07, 6.45) is 2.50. The number of nitrogens with zero attached hydrogens (tertiary/aromatic N) is 1. The van der Waals surface area contributed by atoms with E-state index in [9.17, 15) is 9.59 Å². The number of amides is 1. The van der Waals surface area contributed by atoms with Crippen LogP contribution in [0.4, 0.5) is 0 Å². The number of nitrogen functional groups attached to an aromatic ring is 1. The summed E-state index contributed by atoms with van der Waals surface area (Å²) in [6, 6.07) is 3.20. The number of hydrazine groups is 1. The SMILES string of the molecule is CCC(C)n1cccc(C(=O)NN)c1=O. The summed E-state index contributed by atoms with van der Waals surface area (Å²) in [7, 11) is 0. The summed E-state index contributed by atoms with van der Waals surface area (Å²) in [5, 5.41) is 0. The molecule has 0 aliphatic heterocycles. The summed E-state index contributed by atoms with van der Waals surface area (Å²) >= 11 is 0. The van der Waals surface area contributed by atoms with Crippen LogP contribution < -0.4 is 16.8 Å². The number of hydrogen-bond acceptors (Lipinski definition) is 3. The molecule has 1 aromatic rings. The fourth-order valence-corrected chi connectivity index (χ4v) is 1.30. The Hall–Kier alpha value is -1.62. The lowest BCUT2D eigenvalue weighted by Crippen LogP contribution is -2.36. The van der Waals surface area contributed by atoms with Gasteiger partial charge in [0.05, 0.1) is 0 Å². The van der Waals surface area contributed by atoms with Gasteiger partial charge in [0.1, 0.15) is 5.56 Å². The maximum absolute atomic E-state index is 11.8. The lowest BCUT2D eigenvalue weighted by molar-refractivity contribution is 0.0951. The van der Waals surface area contributed by atoms with Gasteiger partial charge in [0.2, 0.25) is 0 Å². The molecular weight excluding hydrogens is 194 g/mol. The first-order valence-corrected chi connectivity index (χ1v) is 4.83. The molecule has 1 atom stereocenters. The Morgan fingerprint density at radius 3 is 2.87 bits per heavy atom. The van der Waals surface area contributed by atoms with Crippen LogP contribution in [0.25, 0.3) is 0 Å². The van der Waals surface area contributed by atoms with Crippen LogP contribution in [0.3, 0.4) is 0 Å². The van der Waals surface area contributed by atoms with Gasteiger partial charge in [-0.05, 0) is 25.5 Å². The van der Waals surface area contributed by atoms with Crippen LogP contribution >= 0.6 is 0 Å². The molecule has 1 rings (SSSR count). The fraction of sp³-hybridized carbons (Fsp3) is 0.400. The van der Waals surface area contributed by atoms with Crippen LogP contribution in [0.15, 0.2) is 23.1 Å². The molecule has 1 amide bonds. The topological polar surface area (TPSA) is 77.1 Å². The second kappa shape index (κ2) is 4.75. The number of nitrogens with two attached hydrogens (primary N) is 1. The van der Waals surface area contributed by atoms with E-state index in [4.69, 9.17) is 5.84 Å². The van der Waals surface area contributed by atoms with E-state index in [1.54, 1.807) is 12.3 Å². The molecule has 0 spiro atoms. The minimum Gasteiger partial charge on any atom is -0.312 e. The van der Waals surface area contributed by atoms with Crippen molar-refractivity contribution in [1.29, 1.82) is 0 Å². The zero-order valence-corrected chi connectivity index (χ0v) is 8.86. The van der Waals surface area contributed by atoms with E-state index in [0.717, 1.165) is 6.42 Å². The molecule has 5 heteroatoms. The Morgan fingerprint density at radius 2 is 2.33 bits per heavy atom. The number of hydrogen-bond donors (Lipinski definition) is 2. The predicted molar refractivity (Wildman–Crippen MR) is 57.4 cm³/mol. The summed E-state index contributed by atoms with van der Waals surface area (Å²) in [5.74, 6) is 4.43. The van der Waals surface area contributed by atoms with Gasteiger partial charge in [-0.15, -0.1) is 0 Å². The van der Waals surface area contributed by atoms with Crippen molar-refractivity contribution in [2.24, 2.45) is 5.84 Å². The normalized spacial score (nSPS) is 12.2. The lowest BCUT2D eigenvalue weighted by Gasteiger charge is -2.13. The van der Waals surface area contributed by atoms with Crippen LogP contribution in [-0.4, -0.2) is 10.5 Å². The molecule has 0 aromatic carbocycles. The minimum atomic E-state index is -0.558. The van der Waals surface area contributed by atoms with E-state index in [1.165, 1.54) is 10.6 Å². The van der Waals surface area contributed by atoms with Gasteiger partial charge in [0, 0.05) is 12.2 Å². The van der Waals surface area contributed by atoms with Crippen LogP contribution in [-0.2, 0) is 0 Å². The molecule has 0 aliphatic carbocycles. The van der Waals surface area contributed by atoms with E-state index >= 15 is 0 Å². The average molecular weight is 209 g/mol. The number of carbonyl (C=O) groups excluding carboxylic acids is 1. The molecule has 0 fully saturated rings. The van der Waals surface area contributed by atoms with Crippen molar-refractivity contribution in [3.63, 3.8) is 0 Å². The van der Waals surface area contributed by atoms with Crippen molar-refractivity contribution < 1.29 is 4.79 Å². The summed E-state index contributed by atoms with van der Waals surface area (Å²) < 4.78 is 1.53. The Kier molecular flexibility index (Phi) is 3.62. The van der Waals surface area contributed by atoms with Gasteiger partial charge in [-0.25, -0.2) is 5.84 Å². The standard InChI is InChI=1S/C10H15N3O2/c1-3-7(2)13-6-4-5-8(10(13)15)9(14)12-11/h4-7H,3,11H2,1-2H3,(H,12,14).